The maximum Gasteiger partial charge on any atom is 0.225 e. The molecule has 1 fully saturated rings. The number of rotatable bonds is 6. The third-order valence-electron chi connectivity index (χ3n) is 4.27. The highest BCUT2D eigenvalue weighted by atomic mass is 32.2. The fourth-order valence-electron chi connectivity index (χ4n) is 2.84. The third-order valence-corrected chi connectivity index (χ3v) is 5.36. The van der Waals surface area contributed by atoms with E-state index in [-0.39, 0.29) is 11.6 Å². The van der Waals surface area contributed by atoms with Crippen molar-refractivity contribution in [1.82, 2.24) is 4.90 Å². The first-order valence-corrected chi connectivity index (χ1v) is 8.86. The Kier molecular flexibility index (Phi) is 6.08. The third kappa shape index (κ3) is 4.61. The predicted octanol–water partition coefficient (Wildman–Crippen LogP) is 2.95. The van der Waals surface area contributed by atoms with Crippen molar-refractivity contribution in [3.63, 3.8) is 0 Å². The molecule has 1 aliphatic rings. The topological polar surface area (TPSA) is 58.4 Å². The van der Waals surface area contributed by atoms with Gasteiger partial charge >= 0.3 is 0 Å². The quantitative estimate of drug-likeness (QED) is 0.790. The number of carbonyl (C=O) groups excluding carboxylic acids is 1. The number of nitrogen functional groups attached to an aromatic ring is 1. The van der Waals surface area contributed by atoms with E-state index in [1.54, 1.807) is 0 Å². The number of carbonyl (C=O) groups is 1. The summed E-state index contributed by atoms with van der Waals surface area (Å²) in [5.74, 6) is -0.648. The number of nitrogens with zero attached hydrogens (tertiary/aromatic N) is 1. The molecule has 6 heteroatoms. The lowest BCUT2D eigenvalue weighted by atomic mass is 10.2. The first-order chi connectivity index (χ1) is 10.5. The second kappa shape index (κ2) is 7.83. The summed E-state index contributed by atoms with van der Waals surface area (Å²) in [6, 6.07) is 4.73. The Labute approximate surface area is 135 Å². The molecule has 0 bridgehead atoms. The van der Waals surface area contributed by atoms with Crippen molar-refractivity contribution >= 4 is 29.0 Å². The molecule has 22 heavy (non-hydrogen) atoms. The number of hydrogen-bond acceptors (Lipinski definition) is 4. The standard InChI is InChI=1S/C16H24FN3OS/c1-20(12-4-5-13(10-12)22-2)8-7-16(21)19-15-9-11(18)3-6-14(15)17/h3,6,9,12-13H,4-5,7-8,10,18H2,1-2H3,(H,19,21)/t12-,13+/m1/s1. The predicted molar refractivity (Wildman–Crippen MR) is 91.6 cm³/mol. The molecule has 0 unspecified atom stereocenters. The van der Waals surface area contributed by atoms with Gasteiger partial charge in [0.2, 0.25) is 5.91 Å². The summed E-state index contributed by atoms with van der Waals surface area (Å²) in [6.45, 7) is 0.682. The molecule has 0 heterocycles. The van der Waals surface area contributed by atoms with Gasteiger partial charge in [0.25, 0.3) is 0 Å². The Hall–Kier alpha value is -1.27. The number of hydrogen-bond donors (Lipinski definition) is 2. The maximum absolute atomic E-state index is 13.6. The van der Waals surface area contributed by atoms with Crippen LogP contribution in [0.5, 0.6) is 0 Å². The zero-order chi connectivity index (χ0) is 16.1. The summed E-state index contributed by atoms with van der Waals surface area (Å²) in [4.78, 5) is 14.2. The van der Waals surface area contributed by atoms with Crippen LogP contribution in [0, 0.1) is 5.82 Å². The molecule has 2 atom stereocenters. The summed E-state index contributed by atoms with van der Waals surface area (Å²) in [6.07, 6.45) is 6.12. The van der Waals surface area contributed by atoms with Gasteiger partial charge in [-0.3, -0.25) is 4.79 Å². The molecule has 1 aromatic carbocycles. The minimum absolute atomic E-state index is 0.149. The molecule has 0 aliphatic heterocycles. The molecular weight excluding hydrogens is 301 g/mol. The Morgan fingerprint density at radius 1 is 1.50 bits per heavy atom. The van der Waals surface area contributed by atoms with Gasteiger partial charge in [-0.1, -0.05) is 0 Å². The normalized spacial score (nSPS) is 21.3. The van der Waals surface area contributed by atoms with E-state index in [9.17, 15) is 9.18 Å². The number of nitrogens with two attached hydrogens (primary N) is 1. The van der Waals surface area contributed by atoms with Crippen molar-refractivity contribution in [2.45, 2.75) is 37.0 Å². The number of amides is 1. The first kappa shape index (κ1) is 17.1. The minimum Gasteiger partial charge on any atom is -0.399 e. The smallest absolute Gasteiger partial charge is 0.225 e. The van der Waals surface area contributed by atoms with E-state index < -0.39 is 5.82 Å². The molecule has 0 aromatic heterocycles. The largest absolute Gasteiger partial charge is 0.399 e. The van der Waals surface area contributed by atoms with E-state index in [1.165, 1.54) is 37.5 Å². The average Bonchev–Trinajstić information content (AvgIpc) is 2.97. The molecular formula is C16H24FN3OS. The average molecular weight is 325 g/mol. The zero-order valence-electron chi connectivity index (χ0n) is 13.1. The Bertz CT molecular complexity index is 526. The highest BCUT2D eigenvalue weighted by molar-refractivity contribution is 7.99. The van der Waals surface area contributed by atoms with E-state index in [0.29, 0.717) is 24.7 Å². The Morgan fingerprint density at radius 2 is 2.27 bits per heavy atom. The van der Waals surface area contributed by atoms with Crippen LogP contribution in [0.1, 0.15) is 25.7 Å². The van der Waals surface area contributed by atoms with E-state index in [1.807, 2.05) is 11.8 Å². The van der Waals surface area contributed by atoms with Crippen molar-refractivity contribution < 1.29 is 9.18 Å². The number of anilines is 2. The number of nitrogens with one attached hydrogen (secondary N) is 1. The van der Waals surface area contributed by atoms with Crippen LogP contribution in [0.15, 0.2) is 18.2 Å². The molecule has 0 spiro atoms. The fraction of sp³-hybridized carbons (Fsp3) is 0.562. The molecule has 2 rings (SSSR count). The Morgan fingerprint density at radius 3 is 2.95 bits per heavy atom. The molecule has 1 aromatic rings. The number of halogens is 1. The molecule has 4 nitrogen and oxygen atoms in total. The molecule has 0 radical (unpaired) electrons. The van der Waals surface area contributed by atoms with Gasteiger partial charge in [-0.2, -0.15) is 11.8 Å². The lowest BCUT2D eigenvalue weighted by Crippen LogP contribution is -2.32. The first-order valence-electron chi connectivity index (χ1n) is 7.57. The van der Waals surface area contributed by atoms with E-state index in [4.69, 9.17) is 5.73 Å². The molecule has 1 saturated carbocycles. The molecule has 1 amide bonds. The minimum atomic E-state index is -0.463. The van der Waals surface area contributed by atoms with Crippen LogP contribution >= 0.6 is 11.8 Å². The van der Waals surface area contributed by atoms with Crippen LogP contribution in [0.2, 0.25) is 0 Å². The van der Waals surface area contributed by atoms with Gasteiger partial charge in [0.05, 0.1) is 5.69 Å². The second-order valence-electron chi connectivity index (χ2n) is 5.84. The molecule has 3 N–H and O–H groups in total. The maximum atomic E-state index is 13.6. The van der Waals surface area contributed by atoms with Crippen LogP contribution in [0.25, 0.3) is 0 Å². The van der Waals surface area contributed by atoms with Gasteiger partial charge in [0, 0.05) is 29.9 Å². The van der Waals surface area contributed by atoms with Gasteiger partial charge < -0.3 is 16.0 Å². The summed E-state index contributed by atoms with van der Waals surface area (Å²) in [5.41, 5.74) is 6.19. The van der Waals surface area contributed by atoms with E-state index in [0.717, 1.165) is 5.25 Å². The summed E-state index contributed by atoms with van der Waals surface area (Å²) >= 11 is 1.92. The van der Waals surface area contributed by atoms with E-state index in [2.05, 4.69) is 23.5 Å². The molecule has 0 saturated heterocycles. The van der Waals surface area contributed by atoms with Crippen molar-refractivity contribution in [3.8, 4) is 0 Å². The van der Waals surface area contributed by atoms with Crippen molar-refractivity contribution in [2.24, 2.45) is 0 Å². The van der Waals surface area contributed by atoms with Crippen LogP contribution in [0.3, 0.4) is 0 Å². The van der Waals surface area contributed by atoms with Crippen LogP contribution in [-0.4, -0.2) is 41.9 Å². The summed E-state index contributed by atoms with van der Waals surface area (Å²) < 4.78 is 13.6. The lowest BCUT2D eigenvalue weighted by Gasteiger charge is -2.24. The van der Waals surface area contributed by atoms with Gasteiger partial charge in [0.15, 0.2) is 0 Å². The highest BCUT2D eigenvalue weighted by Crippen LogP contribution is 2.30. The lowest BCUT2D eigenvalue weighted by molar-refractivity contribution is -0.116. The number of thioether (sulfide) groups is 1. The molecule has 122 valence electrons. The van der Waals surface area contributed by atoms with Gasteiger partial charge in [-0.25, -0.2) is 4.39 Å². The number of benzene rings is 1. The van der Waals surface area contributed by atoms with Crippen molar-refractivity contribution in [3.05, 3.63) is 24.0 Å². The van der Waals surface area contributed by atoms with Gasteiger partial charge in [-0.15, -0.1) is 0 Å². The SMILES string of the molecule is CS[C@H]1CC[C@@H](N(C)CCC(=O)Nc2cc(N)ccc2F)C1. The highest BCUT2D eigenvalue weighted by Gasteiger charge is 2.26. The zero-order valence-corrected chi connectivity index (χ0v) is 14.0. The summed E-state index contributed by atoms with van der Waals surface area (Å²) in [7, 11) is 2.06. The van der Waals surface area contributed by atoms with Gasteiger partial charge in [0.1, 0.15) is 5.82 Å². The van der Waals surface area contributed by atoms with Crippen LogP contribution in [0.4, 0.5) is 15.8 Å². The second-order valence-corrected chi connectivity index (χ2v) is 6.98. The molecule has 1 aliphatic carbocycles. The van der Waals surface area contributed by atoms with Gasteiger partial charge in [-0.05, 0) is 50.8 Å². The van der Waals surface area contributed by atoms with Crippen molar-refractivity contribution in [1.29, 1.82) is 0 Å². The van der Waals surface area contributed by atoms with Crippen LogP contribution in [-0.2, 0) is 4.79 Å². The van der Waals surface area contributed by atoms with Crippen molar-refractivity contribution in [2.75, 3.05) is 30.9 Å². The summed E-state index contributed by atoms with van der Waals surface area (Å²) in [5, 5.41) is 3.33. The Balaban J connectivity index is 1.79. The monoisotopic (exact) mass is 325 g/mol. The fourth-order valence-corrected chi connectivity index (χ4v) is 3.63. The van der Waals surface area contributed by atoms with Crippen LogP contribution < -0.4 is 11.1 Å². The van der Waals surface area contributed by atoms with E-state index >= 15 is 0 Å².